The topological polar surface area (TPSA) is 26.0 Å². The van der Waals surface area contributed by atoms with Crippen LogP contribution in [0.3, 0.4) is 0 Å². The molecule has 0 bridgehead atoms. The van der Waals surface area contributed by atoms with Crippen molar-refractivity contribution in [1.29, 1.82) is 0 Å². The van der Waals surface area contributed by atoms with Crippen LogP contribution < -0.4 is 5.73 Å². The van der Waals surface area contributed by atoms with Crippen LogP contribution in [0.5, 0.6) is 0 Å². The second-order valence-corrected chi connectivity index (χ2v) is 4.35. The molecule has 0 saturated heterocycles. The Bertz CT molecular complexity index is 235. The Kier molecular flexibility index (Phi) is 3.38. The maximum Gasteiger partial charge on any atom is 0.0189 e. The maximum atomic E-state index is 5.51. The van der Waals surface area contributed by atoms with Crippen molar-refractivity contribution in [3.63, 3.8) is 0 Å². The normalized spacial score (nSPS) is 9.90. The highest BCUT2D eigenvalue weighted by atomic mass is 127. The largest absolute Gasteiger partial charge is 0.326 e. The highest BCUT2D eigenvalue weighted by Gasteiger charge is 1.96. The van der Waals surface area contributed by atoms with Crippen molar-refractivity contribution in [1.82, 2.24) is 0 Å². The molecule has 2 N–H and O–H groups in total. The highest BCUT2D eigenvalue weighted by molar-refractivity contribution is 14.1. The molecule has 1 aromatic carbocycles. The fourth-order valence-corrected chi connectivity index (χ4v) is 1.81. The molecule has 1 rings (SSSR count). The van der Waals surface area contributed by atoms with Crippen molar-refractivity contribution < 1.29 is 0 Å². The lowest BCUT2D eigenvalue weighted by molar-refractivity contribution is 1.06. The Hall–Kier alpha value is 0.640. The lowest BCUT2D eigenvalue weighted by Crippen LogP contribution is -1.98. The third kappa shape index (κ3) is 2.06. The summed E-state index contributed by atoms with van der Waals surface area (Å²) in [5, 5.41) is 0. The van der Waals surface area contributed by atoms with Crippen molar-refractivity contribution in [3.05, 3.63) is 30.9 Å². The molecule has 0 aliphatic rings. The van der Waals surface area contributed by atoms with E-state index in [0.717, 1.165) is 0 Å². The van der Waals surface area contributed by atoms with E-state index in [1.54, 1.807) is 0 Å². The molecular weight excluding hydrogens is 352 g/mol. The van der Waals surface area contributed by atoms with Gasteiger partial charge in [-0.25, -0.2) is 0 Å². The van der Waals surface area contributed by atoms with Crippen molar-refractivity contribution in [2.45, 2.75) is 6.54 Å². The van der Waals surface area contributed by atoms with Gasteiger partial charge >= 0.3 is 0 Å². The molecule has 0 aromatic heterocycles. The molecule has 0 spiro atoms. The molecule has 0 amide bonds. The number of nitrogens with two attached hydrogens (primary N) is 1. The molecule has 0 radical (unpaired) electrons. The summed E-state index contributed by atoms with van der Waals surface area (Å²) in [6.07, 6.45) is 0. The van der Waals surface area contributed by atoms with E-state index in [2.05, 4.69) is 63.4 Å². The summed E-state index contributed by atoms with van der Waals surface area (Å²) in [4.78, 5) is 0. The van der Waals surface area contributed by atoms with E-state index in [1.165, 1.54) is 12.7 Å². The molecule has 0 atom stereocenters. The average molecular weight is 359 g/mol. The Morgan fingerprint density at radius 3 is 2.50 bits per heavy atom. The predicted octanol–water partition coefficient (Wildman–Crippen LogP) is 2.35. The summed E-state index contributed by atoms with van der Waals surface area (Å²) in [7, 11) is 0. The highest BCUT2D eigenvalue weighted by Crippen LogP contribution is 2.14. The van der Waals surface area contributed by atoms with E-state index >= 15 is 0 Å². The zero-order chi connectivity index (χ0) is 7.56. The van der Waals surface area contributed by atoms with Gasteiger partial charge in [-0.3, -0.25) is 0 Å². The molecule has 3 heteroatoms. The van der Waals surface area contributed by atoms with Crippen LogP contribution in [0.4, 0.5) is 0 Å². The van der Waals surface area contributed by atoms with E-state index in [1.807, 2.05) is 0 Å². The van der Waals surface area contributed by atoms with Crippen LogP contribution in [0.2, 0.25) is 0 Å². The summed E-state index contributed by atoms with van der Waals surface area (Å²) in [6, 6.07) is 6.29. The summed E-state index contributed by atoms with van der Waals surface area (Å²) >= 11 is 4.58. The molecule has 0 saturated carbocycles. The third-order valence-electron chi connectivity index (χ3n) is 1.23. The smallest absolute Gasteiger partial charge is 0.0189 e. The van der Waals surface area contributed by atoms with Crippen LogP contribution >= 0.6 is 45.2 Å². The van der Waals surface area contributed by atoms with Gasteiger partial charge in [-0.15, -0.1) is 0 Å². The molecule has 0 unspecified atom stereocenters. The van der Waals surface area contributed by atoms with Crippen LogP contribution in [0, 0.1) is 7.14 Å². The van der Waals surface area contributed by atoms with Crippen LogP contribution in [0.1, 0.15) is 5.56 Å². The Labute approximate surface area is 87.7 Å². The minimum atomic E-state index is 0.634. The van der Waals surface area contributed by atoms with E-state index < -0.39 is 0 Å². The predicted molar refractivity (Wildman–Crippen MR) is 59.8 cm³/mol. The van der Waals surface area contributed by atoms with Gasteiger partial charge in [0.2, 0.25) is 0 Å². The number of benzene rings is 1. The van der Waals surface area contributed by atoms with E-state index in [0.29, 0.717) is 6.54 Å². The molecule has 1 nitrogen and oxygen atoms in total. The first-order chi connectivity index (χ1) is 4.74. The lowest BCUT2D eigenvalue weighted by atomic mass is 10.2. The van der Waals surface area contributed by atoms with Crippen molar-refractivity contribution in [2.75, 3.05) is 0 Å². The van der Waals surface area contributed by atoms with Crippen molar-refractivity contribution in [3.8, 4) is 0 Å². The minimum Gasteiger partial charge on any atom is -0.326 e. The molecule has 1 aromatic rings. The number of rotatable bonds is 1. The number of hydrogen-bond donors (Lipinski definition) is 1. The van der Waals surface area contributed by atoms with Gasteiger partial charge < -0.3 is 5.73 Å². The minimum absolute atomic E-state index is 0.634. The summed E-state index contributed by atoms with van der Waals surface area (Å²) in [5.74, 6) is 0. The Morgan fingerprint density at radius 2 is 2.00 bits per heavy atom. The van der Waals surface area contributed by atoms with Crippen molar-refractivity contribution in [2.24, 2.45) is 5.73 Å². The molecule has 54 valence electrons. The monoisotopic (exact) mass is 359 g/mol. The molecular formula is C7H7I2N. The van der Waals surface area contributed by atoms with Crippen LogP contribution in [0.15, 0.2) is 18.2 Å². The van der Waals surface area contributed by atoms with Gasteiger partial charge in [0.25, 0.3) is 0 Å². The van der Waals surface area contributed by atoms with Gasteiger partial charge in [-0.1, -0.05) is 0 Å². The summed E-state index contributed by atoms with van der Waals surface area (Å²) in [6.45, 7) is 0.634. The maximum absolute atomic E-state index is 5.51. The second-order valence-electron chi connectivity index (χ2n) is 1.94. The average Bonchev–Trinajstić information content (AvgIpc) is 1.94. The quantitative estimate of drug-likeness (QED) is 0.766. The Morgan fingerprint density at radius 1 is 1.30 bits per heavy atom. The first-order valence-electron chi connectivity index (χ1n) is 2.88. The number of hydrogen-bond acceptors (Lipinski definition) is 1. The molecule has 0 fully saturated rings. The first kappa shape index (κ1) is 8.73. The standard InChI is InChI=1S/C7H7I2N/c8-6-1-2-7(9)5(3-6)4-10/h1-3H,4,10H2. The fourth-order valence-electron chi connectivity index (χ4n) is 0.700. The van der Waals surface area contributed by atoms with Gasteiger partial charge in [0.15, 0.2) is 0 Å². The van der Waals surface area contributed by atoms with Gasteiger partial charge in [0.1, 0.15) is 0 Å². The fraction of sp³-hybridized carbons (Fsp3) is 0.143. The van der Waals surface area contributed by atoms with Gasteiger partial charge in [-0.2, -0.15) is 0 Å². The first-order valence-corrected chi connectivity index (χ1v) is 5.04. The molecule has 0 aliphatic carbocycles. The lowest BCUT2D eigenvalue weighted by Gasteiger charge is -1.99. The Balaban J connectivity index is 3.09. The van der Waals surface area contributed by atoms with E-state index in [9.17, 15) is 0 Å². The van der Waals surface area contributed by atoms with Crippen LogP contribution in [-0.4, -0.2) is 0 Å². The van der Waals surface area contributed by atoms with E-state index in [-0.39, 0.29) is 0 Å². The molecule has 0 aliphatic heterocycles. The van der Waals surface area contributed by atoms with Crippen LogP contribution in [-0.2, 0) is 6.54 Å². The van der Waals surface area contributed by atoms with E-state index in [4.69, 9.17) is 5.73 Å². The number of halogens is 2. The molecule has 0 heterocycles. The summed E-state index contributed by atoms with van der Waals surface area (Å²) in [5.41, 5.74) is 6.74. The molecule has 10 heavy (non-hydrogen) atoms. The van der Waals surface area contributed by atoms with Crippen LogP contribution in [0.25, 0.3) is 0 Å². The van der Waals surface area contributed by atoms with Gasteiger partial charge in [-0.05, 0) is 68.9 Å². The van der Waals surface area contributed by atoms with Gasteiger partial charge in [0, 0.05) is 13.7 Å². The zero-order valence-corrected chi connectivity index (χ0v) is 9.59. The SMILES string of the molecule is NCc1cc(I)ccc1I. The third-order valence-corrected chi connectivity index (χ3v) is 2.95. The summed E-state index contributed by atoms with van der Waals surface area (Å²) < 4.78 is 2.50. The van der Waals surface area contributed by atoms with Crippen molar-refractivity contribution >= 4 is 45.2 Å². The van der Waals surface area contributed by atoms with Gasteiger partial charge in [0.05, 0.1) is 0 Å². The second kappa shape index (κ2) is 3.87. The zero-order valence-electron chi connectivity index (χ0n) is 5.27.